The minimum Gasteiger partial charge on any atom is -0.380 e. The second-order valence-electron chi connectivity index (χ2n) is 7.22. The van der Waals surface area contributed by atoms with Crippen LogP contribution < -0.4 is 10.1 Å². The molecule has 0 aliphatic heterocycles. The number of benzene rings is 1. The summed E-state index contributed by atoms with van der Waals surface area (Å²) in [5, 5.41) is 7.20. The smallest absolute Gasteiger partial charge is 0.300 e. The molecule has 0 unspecified atom stereocenters. The van der Waals surface area contributed by atoms with Crippen LogP contribution in [0.25, 0.3) is 10.2 Å². The number of hydrogen-bond acceptors (Lipinski definition) is 5. The molecule has 0 aliphatic rings. The number of thiazole rings is 1. The zero-order chi connectivity index (χ0) is 21.8. The van der Waals surface area contributed by atoms with Gasteiger partial charge in [0.25, 0.3) is 5.91 Å². The van der Waals surface area contributed by atoms with Crippen molar-refractivity contribution in [1.29, 1.82) is 0 Å². The van der Waals surface area contributed by atoms with Gasteiger partial charge in [0.1, 0.15) is 0 Å². The summed E-state index contributed by atoms with van der Waals surface area (Å²) in [5.41, 5.74) is 2.89. The number of nitrogens with one attached hydrogen (secondary N) is 1. The Hall–Kier alpha value is -2.78. The summed E-state index contributed by atoms with van der Waals surface area (Å²) < 4.78 is 10.2. The van der Waals surface area contributed by atoms with Crippen LogP contribution in [0, 0.1) is 6.92 Å². The van der Waals surface area contributed by atoms with Gasteiger partial charge in [-0.1, -0.05) is 11.3 Å². The lowest BCUT2D eigenvalue weighted by Crippen LogP contribution is -2.20. The van der Waals surface area contributed by atoms with E-state index in [9.17, 15) is 9.59 Å². The van der Waals surface area contributed by atoms with Crippen molar-refractivity contribution in [3.8, 4) is 0 Å². The molecule has 1 aromatic carbocycles. The first kappa shape index (κ1) is 21.9. The van der Waals surface area contributed by atoms with Crippen molar-refractivity contribution in [2.24, 2.45) is 4.99 Å². The lowest BCUT2D eigenvalue weighted by atomic mass is 10.3. The molecule has 0 atom stereocenters. The third-order valence-corrected chi connectivity index (χ3v) is 5.54. The van der Waals surface area contributed by atoms with Crippen molar-refractivity contribution < 1.29 is 14.3 Å². The van der Waals surface area contributed by atoms with Crippen LogP contribution in [0.5, 0.6) is 0 Å². The van der Waals surface area contributed by atoms with Crippen molar-refractivity contribution in [2.45, 2.75) is 47.2 Å². The highest BCUT2D eigenvalue weighted by Gasteiger charge is 2.15. The first-order valence-corrected chi connectivity index (χ1v) is 10.8. The van der Waals surface area contributed by atoms with E-state index < -0.39 is 0 Å². The molecule has 0 spiro atoms. The van der Waals surface area contributed by atoms with Gasteiger partial charge < -0.3 is 14.6 Å². The summed E-state index contributed by atoms with van der Waals surface area (Å²) in [6, 6.07) is 7.58. The minimum absolute atomic E-state index is 0.133. The van der Waals surface area contributed by atoms with Crippen molar-refractivity contribution in [3.63, 3.8) is 0 Å². The largest absolute Gasteiger partial charge is 0.380 e. The Morgan fingerprint density at radius 2 is 2.07 bits per heavy atom. The highest BCUT2D eigenvalue weighted by molar-refractivity contribution is 7.16. The predicted octanol–water partition coefficient (Wildman–Crippen LogP) is 3.52. The van der Waals surface area contributed by atoms with E-state index >= 15 is 0 Å². The molecule has 2 aromatic heterocycles. The van der Waals surface area contributed by atoms with Crippen molar-refractivity contribution >= 4 is 39.1 Å². The number of anilines is 1. The second-order valence-corrected chi connectivity index (χ2v) is 8.23. The van der Waals surface area contributed by atoms with Crippen molar-refractivity contribution in [1.82, 2.24) is 14.3 Å². The lowest BCUT2D eigenvalue weighted by Gasteiger charge is -2.07. The summed E-state index contributed by atoms with van der Waals surface area (Å²) >= 11 is 1.40. The van der Waals surface area contributed by atoms with Gasteiger partial charge in [-0.25, -0.2) is 0 Å². The molecular formula is C21H27N5O3S. The minimum atomic E-state index is -0.378. The number of carbonyl (C=O) groups is 2. The average Bonchev–Trinajstić information content (AvgIpc) is 3.22. The van der Waals surface area contributed by atoms with Gasteiger partial charge in [0.2, 0.25) is 5.91 Å². The Morgan fingerprint density at radius 1 is 1.30 bits per heavy atom. The third kappa shape index (κ3) is 4.85. The van der Waals surface area contributed by atoms with Gasteiger partial charge in [-0.3, -0.25) is 14.3 Å². The van der Waals surface area contributed by atoms with Gasteiger partial charge in [0.15, 0.2) is 10.5 Å². The molecule has 3 rings (SSSR count). The predicted molar refractivity (Wildman–Crippen MR) is 118 cm³/mol. The van der Waals surface area contributed by atoms with Gasteiger partial charge >= 0.3 is 0 Å². The number of ether oxygens (including phenoxy) is 1. The van der Waals surface area contributed by atoms with Crippen LogP contribution >= 0.6 is 11.3 Å². The summed E-state index contributed by atoms with van der Waals surface area (Å²) in [6.07, 6.45) is 0. The Bertz CT molecular complexity index is 1140. The number of carbonyl (C=O) groups excluding carboxylic acids is 2. The zero-order valence-electron chi connectivity index (χ0n) is 17.9. The van der Waals surface area contributed by atoms with Gasteiger partial charge in [-0.2, -0.15) is 10.1 Å². The first-order valence-electron chi connectivity index (χ1n) is 9.94. The maximum absolute atomic E-state index is 12.8. The molecule has 9 heteroatoms. The van der Waals surface area contributed by atoms with Crippen LogP contribution in [0.1, 0.15) is 49.9 Å². The number of nitrogens with zero attached hydrogens (tertiary/aromatic N) is 4. The Morgan fingerprint density at radius 3 is 2.70 bits per heavy atom. The zero-order valence-corrected chi connectivity index (χ0v) is 18.7. The number of fused-ring (bicyclic) bond motifs is 1. The maximum atomic E-state index is 12.8. The van der Waals surface area contributed by atoms with Crippen molar-refractivity contribution in [3.05, 3.63) is 40.5 Å². The number of rotatable bonds is 7. The maximum Gasteiger partial charge on any atom is 0.300 e. The molecule has 160 valence electrons. The fourth-order valence-electron chi connectivity index (χ4n) is 3.22. The molecule has 0 saturated heterocycles. The standard InChI is InChI=1S/C21H27N5O3S/c1-6-29-10-9-25-18-8-7-16(22-15(5)27)12-19(18)30-21(25)23-20(28)17-11-14(4)26(24-17)13(2)3/h7-8,11-13H,6,9-10H2,1-5H3,(H,22,27). The van der Waals surface area contributed by atoms with E-state index in [2.05, 4.69) is 15.4 Å². The molecule has 0 saturated carbocycles. The Balaban J connectivity index is 2.05. The van der Waals surface area contributed by atoms with Gasteiger partial charge in [0, 0.05) is 37.5 Å². The van der Waals surface area contributed by atoms with Crippen LogP contribution in [0.2, 0.25) is 0 Å². The number of hydrogen-bond donors (Lipinski definition) is 1. The summed E-state index contributed by atoms with van der Waals surface area (Å²) in [7, 11) is 0. The monoisotopic (exact) mass is 429 g/mol. The molecule has 2 amide bonds. The van der Waals surface area contributed by atoms with E-state index in [1.165, 1.54) is 18.3 Å². The topological polar surface area (TPSA) is 90.5 Å². The van der Waals surface area contributed by atoms with Crippen LogP contribution in [-0.4, -0.2) is 39.4 Å². The van der Waals surface area contributed by atoms with Crippen LogP contribution in [0.15, 0.2) is 29.3 Å². The van der Waals surface area contributed by atoms with Crippen molar-refractivity contribution in [2.75, 3.05) is 18.5 Å². The number of aryl methyl sites for hydroxylation is 1. The number of aromatic nitrogens is 3. The van der Waals surface area contributed by atoms with E-state index in [1.807, 2.05) is 55.1 Å². The molecule has 0 bridgehead atoms. The van der Waals surface area contributed by atoms with Crippen LogP contribution in [-0.2, 0) is 16.1 Å². The Kier molecular flexibility index (Phi) is 6.84. The van der Waals surface area contributed by atoms with E-state index in [4.69, 9.17) is 4.74 Å². The Labute approximate surface area is 179 Å². The molecule has 2 heterocycles. The summed E-state index contributed by atoms with van der Waals surface area (Å²) in [4.78, 5) is 29.2. The fraction of sp³-hybridized carbons (Fsp3) is 0.429. The van der Waals surface area contributed by atoms with Gasteiger partial charge in [0.05, 0.1) is 16.8 Å². The normalized spacial score (nSPS) is 12.1. The molecule has 3 aromatic rings. The van der Waals surface area contributed by atoms with E-state index in [1.54, 1.807) is 6.07 Å². The number of amides is 2. The third-order valence-electron chi connectivity index (χ3n) is 4.49. The van der Waals surface area contributed by atoms with E-state index in [-0.39, 0.29) is 17.9 Å². The van der Waals surface area contributed by atoms with Crippen LogP contribution in [0.3, 0.4) is 0 Å². The van der Waals surface area contributed by atoms with Crippen LogP contribution in [0.4, 0.5) is 5.69 Å². The molecule has 0 radical (unpaired) electrons. The van der Waals surface area contributed by atoms with Gasteiger partial charge in [-0.05, 0) is 52.0 Å². The quantitative estimate of drug-likeness (QED) is 0.582. The second kappa shape index (κ2) is 9.36. The molecule has 8 nitrogen and oxygen atoms in total. The summed E-state index contributed by atoms with van der Waals surface area (Å²) in [6.45, 7) is 11.1. The molecule has 1 N–H and O–H groups in total. The molecule has 0 fully saturated rings. The molecular weight excluding hydrogens is 402 g/mol. The first-order chi connectivity index (χ1) is 14.3. The lowest BCUT2D eigenvalue weighted by molar-refractivity contribution is -0.114. The van der Waals surface area contributed by atoms with E-state index in [0.29, 0.717) is 35.9 Å². The van der Waals surface area contributed by atoms with Gasteiger partial charge in [-0.15, -0.1) is 0 Å². The average molecular weight is 430 g/mol. The summed E-state index contributed by atoms with van der Waals surface area (Å²) in [5.74, 6) is -0.511. The SMILES string of the molecule is CCOCCn1c(=NC(=O)c2cc(C)n(C(C)C)n2)sc2cc(NC(C)=O)ccc21. The molecule has 30 heavy (non-hydrogen) atoms. The highest BCUT2D eigenvalue weighted by Crippen LogP contribution is 2.22. The fourth-order valence-corrected chi connectivity index (χ4v) is 4.31. The van der Waals surface area contributed by atoms with E-state index in [0.717, 1.165) is 15.9 Å². The molecule has 0 aliphatic carbocycles. The highest BCUT2D eigenvalue weighted by atomic mass is 32.1.